The maximum atomic E-state index is 12.3. The quantitative estimate of drug-likeness (QED) is 0.875. The normalized spacial score (nSPS) is 16.5. The summed E-state index contributed by atoms with van der Waals surface area (Å²) in [5.41, 5.74) is 9.08. The van der Waals surface area contributed by atoms with E-state index in [4.69, 9.17) is 5.73 Å². The number of carbonyl (C=O) groups excluding carboxylic acids is 1. The minimum atomic E-state index is -0.556. The van der Waals surface area contributed by atoms with Crippen molar-refractivity contribution in [3.05, 3.63) is 60.2 Å². The standard InChI is InChI=1S/C20H26N4O/c1-23-11-13-24(14-12-23)18-9-7-17(8-10-18)22-20(25)19(21)15-16-5-3-2-4-6-16/h2-10,19H,11-15,21H2,1H3,(H,22,25)/t19-/m0/s1. The SMILES string of the molecule is CN1CCN(c2ccc(NC(=O)[C@@H](N)Cc3ccccc3)cc2)CC1. The number of nitrogens with two attached hydrogens (primary N) is 1. The van der Waals surface area contributed by atoms with Gasteiger partial charge in [0.15, 0.2) is 0 Å². The van der Waals surface area contributed by atoms with Crippen molar-refractivity contribution >= 4 is 17.3 Å². The lowest BCUT2D eigenvalue weighted by Gasteiger charge is -2.34. The Bertz CT molecular complexity index is 679. The smallest absolute Gasteiger partial charge is 0.241 e. The predicted octanol–water partition coefficient (Wildman–Crippen LogP) is 1.95. The summed E-state index contributed by atoms with van der Waals surface area (Å²) in [6, 6.07) is 17.3. The summed E-state index contributed by atoms with van der Waals surface area (Å²) in [6.45, 7) is 4.22. The molecule has 1 aliphatic rings. The molecule has 3 N–H and O–H groups in total. The fourth-order valence-electron chi connectivity index (χ4n) is 3.02. The topological polar surface area (TPSA) is 61.6 Å². The number of nitrogens with zero attached hydrogens (tertiary/aromatic N) is 2. The van der Waals surface area contributed by atoms with E-state index >= 15 is 0 Å². The van der Waals surface area contributed by atoms with Gasteiger partial charge in [-0.2, -0.15) is 0 Å². The van der Waals surface area contributed by atoms with Crippen LogP contribution in [-0.4, -0.2) is 50.1 Å². The van der Waals surface area contributed by atoms with Crippen molar-refractivity contribution in [1.82, 2.24) is 4.90 Å². The van der Waals surface area contributed by atoms with Crippen LogP contribution >= 0.6 is 0 Å². The fraction of sp³-hybridized carbons (Fsp3) is 0.350. The number of anilines is 2. The molecule has 1 atom stereocenters. The van der Waals surface area contributed by atoms with Gasteiger partial charge in [-0.3, -0.25) is 4.79 Å². The van der Waals surface area contributed by atoms with Gasteiger partial charge in [0.25, 0.3) is 0 Å². The number of amides is 1. The lowest BCUT2D eigenvalue weighted by Crippen LogP contribution is -2.44. The molecule has 0 unspecified atom stereocenters. The molecule has 0 saturated carbocycles. The van der Waals surface area contributed by atoms with Crippen molar-refractivity contribution in [2.75, 3.05) is 43.4 Å². The number of carbonyl (C=O) groups is 1. The Balaban J connectivity index is 1.54. The molecule has 0 radical (unpaired) electrons. The molecule has 0 bridgehead atoms. The van der Waals surface area contributed by atoms with E-state index in [2.05, 4.69) is 34.3 Å². The zero-order valence-electron chi connectivity index (χ0n) is 14.7. The summed E-state index contributed by atoms with van der Waals surface area (Å²) in [5, 5.41) is 2.91. The van der Waals surface area contributed by atoms with Gasteiger partial charge in [0.05, 0.1) is 6.04 Å². The number of nitrogens with one attached hydrogen (secondary N) is 1. The maximum absolute atomic E-state index is 12.3. The second kappa shape index (κ2) is 8.14. The molecule has 3 rings (SSSR count). The molecule has 132 valence electrons. The second-order valence-electron chi connectivity index (χ2n) is 6.62. The molecule has 25 heavy (non-hydrogen) atoms. The van der Waals surface area contributed by atoms with Crippen LogP contribution in [-0.2, 0) is 11.2 Å². The zero-order chi connectivity index (χ0) is 17.6. The minimum absolute atomic E-state index is 0.156. The van der Waals surface area contributed by atoms with Crippen molar-refractivity contribution in [1.29, 1.82) is 0 Å². The highest BCUT2D eigenvalue weighted by molar-refractivity contribution is 5.95. The highest BCUT2D eigenvalue weighted by atomic mass is 16.2. The first-order chi connectivity index (χ1) is 12.1. The molecule has 1 fully saturated rings. The Labute approximate surface area is 149 Å². The van der Waals surface area contributed by atoms with E-state index in [-0.39, 0.29) is 5.91 Å². The molecule has 1 heterocycles. The van der Waals surface area contributed by atoms with Crippen molar-refractivity contribution in [3.8, 4) is 0 Å². The summed E-state index contributed by atoms with van der Waals surface area (Å²) in [4.78, 5) is 17.0. The van der Waals surface area contributed by atoms with Gasteiger partial charge >= 0.3 is 0 Å². The molecule has 5 heteroatoms. The first kappa shape index (κ1) is 17.5. The van der Waals surface area contributed by atoms with Crippen LogP contribution in [0.25, 0.3) is 0 Å². The van der Waals surface area contributed by atoms with Crippen LogP contribution in [0.5, 0.6) is 0 Å². The van der Waals surface area contributed by atoms with E-state index in [1.165, 1.54) is 5.69 Å². The molecular weight excluding hydrogens is 312 g/mol. The van der Waals surface area contributed by atoms with E-state index < -0.39 is 6.04 Å². The molecule has 0 spiro atoms. The van der Waals surface area contributed by atoms with Gasteiger partial charge in [-0.1, -0.05) is 30.3 Å². The minimum Gasteiger partial charge on any atom is -0.369 e. The van der Waals surface area contributed by atoms with Gasteiger partial charge in [0.1, 0.15) is 0 Å². The van der Waals surface area contributed by atoms with Crippen LogP contribution in [0.3, 0.4) is 0 Å². The molecule has 2 aromatic rings. The second-order valence-corrected chi connectivity index (χ2v) is 6.62. The van der Waals surface area contributed by atoms with Gasteiger partial charge < -0.3 is 20.9 Å². The Morgan fingerprint density at radius 3 is 2.32 bits per heavy atom. The molecule has 5 nitrogen and oxygen atoms in total. The van der Waals surface area contributed by atoms with E-state index in [1.54, 1.807) is 0 Å². The van der Waals surface area contributed by atoms with Gasteiger partial charge in [-0.05, 0) is 43.3 Å². The molecular formula is C20H26N4O. The Kier molecular flexibility index (Phi) is 5.68. The van der Waals surface area contributed by atoms with Crippen LogP contribution in [0.1, 0.15) is 5.56 Å². The molecule has 2 aromatic carbocycles. The molecule has 1 saturated heterocycles. The summed E-state index contributed by atoms with van der Waals surface area (Å²) >= 11 is 0. The third-order valence-corrected chi connectivity index (χ3v) is 4.64. The number of rotatable bonds is 5. The zero-order valence-corrected chi connectivity index (χ0v) is 14.7. The largest absolute Gasteiger partial charge is 0.369 e. The van der Waals surface area contributed by atoms with Crippen LogP contribution < -0.4 is 16.0 Å². The van der Waals surface area contributed by atoms with Gasteiger partial charge in [0, 0.05) is 37.6 Å². The monoisotopic (exact) mass is 338 g/mol. The number of benzene rings is 2. The molecule has 0 aromatic heterocycles. The van der Waals surface area contributed by atoms with Crippen LogP contribution in [0.15, 0.2) is 54.6 Å². The lowest BCUT2D eigenvalue weighted by atomic mass is 10.1. The van der Waals surface area contributed by atoms with E-state index in [9.17, 15) is 4.79 Å². The number of piperazine rings is 1. The van der Waals surface area contributed by atoms with E-state index in [0.29, 0.717) is 6.42 Å². The Morgan fingerprint density at radius 1 is 1.04 bits per heavy atom. The van der Waals surface area contributed by atoms with E-state index in [0.717, 1.165) is 37.4 Å². The third kappa shape index (κ3) is 4.81. The van der Waals surface area contributed by atoms with Crippen LogP contribution in [0.2, 0.25) is 0 Å². The Hall–Kier alpha value is -2.37. The van der Waals surface area contributed by atoms with Crippen molar-refractivity contribution in [2.45, 2.75) is 12.5 Å². The maximum Gasteiger partial charge on any atom is 0.241 e. The van der Waals surface area contributed by atoms with Crippen molar-refractivity contribution < 1.29 is 4.79 Å². The summed E-state index contributed by atoms with van der Waals surface area (Å²) in [7, 11) is 2.15. The number of likely N-dealkylation sites (N-methyl/N-ethyl adjacent to an activating group) is 1. The fourth-order valence-corrected chi connectivity index (χ4v) is 3.02. The average Bonchev–Trinajstić information content (AvgIpc) is 2.64. The van der Waals surface area contributed by atoms with Crippen LogP contribution in [0, 0.1) is 0 Å². The number of hydrogen-bond acceptors (Lipinski definition) is 4. The molecule has 0 aliphatic carbocycles. The number of hydrogen-bond donors (Lipinski definition) is 2. The lowest BCUT2D eigenvalue weighted by molar-refractivity contribution is -0.117. The van der Waals surface area contributed by atoms with Crippen molar-refractivity contribution in [2.24, 2.45) is 5.73 Å². The molecule has 1 amide bonds. The van der Waals surface area contributed by atoms with Gasteiger partial charge in [-0.15, -0.1) is 0 Å². The van der Waals surface area contributed by atoms with Crippen molar-refractivity contribution in [3.63, 3.8) is 0 Å². The highest BCUT2D eigenvalue weighted by Gasteiger charge is 2.16. The van der Waals surface area contributed by atoms with E-state index in [1.807, 2.05) is 42.5 Å². The summed E-state index contributed by atoms with van der Waals surface area (Å²) in [6.07, 6.45) is 0.534. The van der Waals surface area contributed by atoms with Gasteiger partial charge in [-0.25, -0.2) is 0 Å². The summed E-state index contributed by atoms with van der Waals surface area (Å²) in [5.74, 6) is -0.156. The predicted molar refractivity (Wildman–Crippen MR) is 103 cm³/mol. The molecule has 1 aliphatic heterocycles. The van der Waals surface area contributed by atoms with Gasteiger partial charge in [0.2, 0.25) is 5.91 Å². The first-order valence-corrected chi connectivity index (χ1v) is 8.76. The highest BCUT2D eigenvalue weighted by Crippen LogP contribution is 2.19. The van der Waals surface area contributed by atoms with Crippen LogP contribution in [0.4, 0.5) is 11.4 Å². The Morgan fingerprint density at radius 2 is 1.68 bits per heavy atom. The average molecular weight is 338 g/mol. The first-order valence-electron chi connectivity index (χ1n) is 8.76. The third-order valence-electron chi connectivity index (χ3n) is 4.64. The summed E-state index contributed by atoms with van der Waals surface area (Å²) < 4.78 is 0.